The summed E-state index contributed by atoms with van der Waals surface area (Å²) in [5.41, 5.74) is 1.12. The molecule has 7 heteroatoms. The number of nitrogens with zero attached hydrogens (tertiary/aromatic N) is 1. The Morgan fingerprint density at radius 1 is 1.16 bits per heavy atom. The van der Waals surface area contributed by atoms with E-state index in [1.807, 2.05) is 30.3 Å². The molecule has 2 aromatic carbocycles. The van der Waals surface area contributed by atoms with Gasteiger partial charge in [0, 0.05) is 17.6 Å². The molecule has 0 bridgehead atoms. The maximum atomic E-state index is 13.1. The number of hydrogen-bond donors (Lipinski definition) is 1. The highest BCUT2D eigenvalue weighted by molar-refractivity contribution is 9.10. The van der Waals surface area contributed by atoms with Gasteiger partial charge in [-0.3, -0.25) is 9.59 Å². The molecule has 1 aliphatic rings. The SMILES string of the molecule is CC(C(=O)NC1CCCCC1)N(CCc1ccccc1)C(=O)COc1ccc(Cl)cc1Br. The minimum absolute atomic E-state index is 0.106. The number of amides is 2. The molecule has 0 radical (unpaired) electrons. The van der Waals surface area contributed by atoms with Crippen molar-refractivity contribution >= 4 is 39.3 Å². The van der Waals surface area contributed by atoms with Crippen LogP contribution in [0.15, 0.2) is 53.0 Å². The van der Waals surface area contributed by atoms with Gasteiger partial charge in [-0.1, -0.05) is 61.2 Å². The number of rotatable bonds is 9. The molecule has 172 valence electrons. The molecule has 0 saturated heterocycles. The first-order chi connectivity index (χ1) is 15.4. The Balaban J connectivity index is 1.66. The van der Waals surface area contributed by atoms with Crippen molar-refractivity contribution in [1.82, 2.24) is 10.2 Å². The molecule has 0 aliphatic heterocycles. The van der Waals surface area contributed by atoms with Gasteiger partial charge in [-0.05, 0) is 65.9 Å². The minimum atomic E-state index is -0.578. The molecule has 32 heavy (non-hydrogen) atoms. The van der Waals surface area contributed by atoms with Crippen molar-refractivity contribution in [3.8, 4) is 5.75 Å². The Hall–Kier alpha value is -2.05. The van der Waals surface area contributed by atoms with Crippen LogP contribution in [0.5, 0.6) is 5.75 Å². The topological polar surface area (TPSA) is 58.6 Å². The molecule has 0 aromatic heterocycles. The van der Waals surface area contributed by atoms with E-state index in [9.17, 15) is 9.59 Å². The van der Waals surface area contributed by atoms with Gasteiger partial charge < -0.3 is 15.0 Å². The van der Waals surface area contributed by atoms with Gasteiger partial charge in [0.25, 0.3) is 5.91 Å². The number of hydrogen-bond acceptors (Lipinski definition) is 3. The third kappa shape index (κ3) is 7.24. The van der Waals surface area contributed by atoms with Crippen molar-refractivity contribution in [2.75, 3.05) is 13.2 Å². The van der Waals surface area contributed by atoms with Gasteiger partial charge in [-0.25, -0.2) is 0 Å². The fraction of sp³-hybridized carbons (Fsp3) is 0.440. The Labute approximate surface area is 203 Å². The minimum Gasteiger partial charge on any atom is -0.483 e. The quantitative estimate of drug-likeness (QED) is 0.481. The van der Waals surface area contributed by atoms with Gasteiger partial charge in [0.2, 0.25) is 5.91 Å². The Bertz CT molecular complexity index is 903. The molecular weight excluding hydrogens is 492 g/mol. The van der Waals surface area contributed by atoms with Gasteiger partial charge in [0.15, 0.2) is 6.61 Å². The smallest absolute Gasteiger partial charge is 0.261 e. The molecule has 0 heterocycles. The maximum absolute atomic E-state index is 13.1. The number of carbonyl (C=O) groups excluding carboxylic acids is 2. The molecule has 1 atom stereocenters. The van der Waals surface area contributed by atoms with Crippen molar-refractivity contribution in [3.05, 3.63) is 63.6 Å². The van der Waals surface area contributed by atoms with Crippen LogP contribution in [0.3, 0.4) is 0 Å². The third-order valence-corrected chi connectivity index (χ3v) is 6.70. The zero-order valence-electron chi connectivity index (χ0n) is 18.4. The van der Waals surface area contributed by atoms with Gasteiger partial charge in [-0.2, -0.15) is 0 Å². The Morgan fingerprint density at radius 3 is 2.56 bits per heavy atom. The van der Waals surface area contributed by atoms with E-state index in [0.717, 1.165) is 31.2 Å². The van der Waals surface area contributed by atoms with E-state index in [4.69, 9.17) is 16.3 Å². The summed E-state index contributed by atoms with van der Waals surface area (Å²) < 4.78 is 6.42. The molecule has 2 aromatic rings. The van der Waals surface area contributed by atoms with Crippen LogP contribution >= 0.6 is 27.5 Å². The molecule has 5 nitrogen and oxygen atoms in total. The fourth-order valence-corrected chi connectivity index (χ4v) is 4.75. The van der Waals surface area contributed by atoms with Crippen LogP contribution in [0.2, 0.25) is 5.02 Å². The van der Waals surface area contributed by atoms with Crippen LogP contribution in [-0.4, -0.2) is 41.9 Å². The predicted octanol–water partition coefficient (Wildman–Crippen LogP) is 5.39. The molecule has 3 rings (SSSR count). The summed E-state index contributed by atoms with van der Waals surface area (Å²) in [7, 11) is 0. The molecule has 2 amide bonds. The van der Waals surface area contributed by atoms with Gasteiger partial charge in [0.1, 0.15) is 11.8 Å². The highest BCUT2D eigenvalue weighted by atomic mass is 79.9. The fourth-order valence-electron chi connectivity index (χ4n) is 3.95. The molecule has 1 fully saturated rings. The van der Waals surface area contributed by atoms with Crippen LogP contribution in [-0.2, 0) is 16.0 Å². The van der Waals surface area contributed by atoms with Gasteiger partial charge in [0.05, 0.1) is 4.47 Å². The number of nitrogens with one attached hydrogen (secondary N) is 1. The summed E-state index contributed by atoms with van der Waals surface area (Å²) in [5.74, 6) is 0.199. The lowest BCUT2D eigenvalue weighted by molar-refractivity contribution is -0.141. The second kappa shape index (κ2) is 12.3. The predicted molar refractivity (Wildman–Crippen MR) is 131 cm³/mol. The second-order valence-corrected chi connectivity index (χ2v) is 9.50. The summed E-state index contributed by atoms with van der Waals surface area (Å²) in [6, 6.07) is 14.7. The number of ether oxygens (including phenoxy) is 1. The second-order valence-electron chi connectivity index (χ2n) is 8.21. The standard InChI is InChI=1S/C25H30BrClN2O3/c1-18(25(31)28-21-10-6-3-7-11-21)29(15-14-19-8-4-2-5-9-19)24(30)17-32-23-13-12-20(27)16-22(23)26/h2,4-5,8-9,12-13,16,18,21H,3,6-7,10-11,14-15,17H2,1H3,(H,28,31). The van der Waals surface area contributed by atoms with Crippen LogP contribution in [0.25, 0.3) is 0 Å². The van der Waals surface area contributed by atoms with Crippen molar-refractivity contribution in [2.24, 2.45) is 0 Å². The summed E-state index contributed by atoms with van der Waals surface area (Å²) in [6.07, 6.45) is 6.17. The molecule has 0 spiro atoms. The number of halogens is 2. The first-order valence-corrected chi connectivity index (χ1v) is 12.3. The molecule has 1 N–H and O–H groups in total. The molecule has 1 aliphatic carbocycles. The van der Waals surface area contributed by atoms with E-state index in [1.165, 1.54) is 6.42 Å². The first-order valence-electron chi connectivity index (χ1n) is 11.2. The van der Waals surface area contributed by atoms with Gasteiger partial charge in [-0.15, -0.1) is 0 Å². The highest BCUT2D eigenvalue weighted by Gasteiger charge is 2.28. The maximum Gasteiger partial charge on any atom is 0.261 e. The first kappa shape index (κ1) is 24.6. The normalized spacial score (nSPS) is 15.1. The van der Waals surface area contributed by atoms with E-state index in [1.54, 1.807) is 30.0 Å². The van der Waals surface area contributed by atoms with Crippen molar-refractivity contribution in [1.29, 1.82) is 0 Å². The number of carbonyl (C=O) groups is 2. The molecule has 1 unspecified atom stereocenters. The average molecular weight is 522 g/mol. The lowest BCUT2D eigenvalue weighted by Crippen LogP contribution is -2.52. The van der Waals surface area contributed by atoms with E-state index < -0.39 is 6.04 Å². The van der Waals surface area contributed by atoms with Crippen LogP contribution < -0.4 is 10.1 Å². The summed E-state index contributed by atoms with van der Waals surface area (Å²) in [6.45, 7) is 2.07. The molecular formula is C25H30BrClN2O3. The Morgan fingerprint density at radius 2 is 1.88 bits per heavy atom. The lowest BCUT2D eigenvalue weighted by atomic mass is 9.95. The van der Waals surface area contributed by atoms with Crippen LogP contribution in [0, 0.1) is 0 Å². The summed E-state index contributed by atoms with van der Waals surface area (Å²) in [5, 5.41) is 3.72. The highest BCUT2D eigenvalue weighted by Crippen LogP contribution is 2.28. The van der Waals surface area contributed by atoms with Crippen LogP contribution in [0.1, 0.15) is 44.6 Å². The number of benzene rings is 2. The average Bonchev–Trinajstić information content (AvgIpc) is 2.80. The van der Waals surface area contributed by atoms with Crippen molar-refractivity contribution < 1.29 is 14.3 Å². The van der Waals surface area contributed by atoms with Crippen LogP contribution in [0.4, 0.5) is 0 Å². The van der Waals surface area contributed by atoms with Crippen molar-refractivity contribution in [2.45, 2.75) is 57.5 Å². The zero-order chi connectivity index (χ0) is 22.9. The third-order valence-electron chi connectivity index (χ3n) is 5.85. The monoisotopic (exact) mass is 520 g/mol. The zero-order valence-corrected chi connectivity index (χ0v) is 20.7. The summed E-state index contributed by atoms with van der Waals surface area (Å²) in [4.78, 5) is 27.7. The Kier molecular flexibility index (Phi) is 9.42. The molecule has 1 saturated carbocycles. The van der Waals surface area contributed by atoms with E-state index in [-0.39, 0.29) is 24.5 Å². The van der Waals surface area contributed by atoms with E-state index in [2.05, 4.69) is 21.2 Å². The summed E-state index contributed by atoms with van der Waals surface area (Å²) >= 11 is 9.39. The van der Waals surface area contributed by atoms with Crippen molar-refractivity contribution in [3.63, 3.8) is 0 Å². The van der Waals surface area contributed by atoms with E-state index >= 15 is 0 Å². The van der Waals surface area contributed by atoms with Gasteiger partial charge >= 0.3 is 0 Å². The van der Waals surface area contributed by atoms with E-state index in [0.29, 0.717) is 28.2 Å². The largest absolute Gasteiger partial charge is 0.483 e. The lowest BCUT2D eigenvalue weighted by Gasteiger charge is -2.31.